The van der Waals surface area contributed by atoms with Crippen LogP contribution in [0.25, 0.3) is 4.48 Å². The van der Waals surface area contributed by atoms with Gasteiger partial charge in [-0.3, -0.25) is 14.3 Å². The first-order valence-corrected chi connectivity index (χ1v) is 6.48. The Bertz CT molecular complexity index is 639. The monoisotopic (exact) mass is 348 g/mol. The summed E-state index contributed by atoms with van der Waals surface area (Å²) in [6.07, 6.45) is -3.80. The third kappa shape index (κ3) is 2.50. The van der Waals surface area contributed by atoms with Crippen molar-refractivity contribution in [2.75, 3.05) is 6.61 Å². The van der Waals surface area contributed by atoms with Crippen LogP contribution in [0.15, 0.2) is 22.4 Å². The van der Waals surface area contributed by atoms with Gasteiger partial charge in [-0.1, -0.05) is 22.5 Å². The molecule has 4 N–H and O–H groups in total. The van der Waals surface area contributed by atoms with Gasteiger partial charge in [-0.15, -0.1) is 0 Å². The van der Waals surface area contributed by atoms with Gasteiger partial charge < -0.3 is 20.1 Å². The smallest absolute Gasteiger partial charge is 0.330 e. The Kier molecular flexibility index (Phi) is 4.25. The van der Waals surface area contributed by atoms with Gasteiger partial charge in [0.2, 0.25) is 0 Å². The molecule has 110 valence electrons. The third-order valence-electron chi connectivity index (χ3n) is 3.05. The summed E-state index contributed by atoms with van der Waals surface area (Å²) in [5.41, 5.74) is -1.36. The van der Waals surface area contributed by atoms with Crippen LogP contribution in [0.5, 0.6) is 0 Å². The van der Waals surface area contributed by atoms with Crippen molar-refractivity contribution in [1.82, 2.24) is 9.55 Å². The Morgan fingerprint density at radius 3 is 2.60 bits per heavy atom. The number of aliphatic hydroxyl groups excluding tert-OH is 3. The Labute approximate surface area is 121 Å². The maximum atomic E-state index is 11.8. The molecule has 4 atom stereocenters. The summed E-state index contributed by atoms with van der Waals surface area (Å²) >= 11 is 3.03. The number of H-pyrrole nitrogens is 1. The van der Waals surface area contributed by atoms with Crippen molar-refractivity contribution >= 4 is 20.4 Å². The normalized spacial score (nSPS) is 29.6. The number of nitrogens with one attached hydrogen (secondary N) is 1. The first kappa shape index (κ1) is 15.1. The molecule has 1 aliphatic rings. The van der Waals surface area contributed by atoms with Crippen molar-refractivity contribution in [3.63, 3.8) is 0 Å². The standard InChI is InChI=1S/C11H13BrN2O6/c1-4(12)5-2-14(11(19)13-9(5)18)10-8(17)7(16)6(3-15)20-10/h2,6-8,10,15-17H,1,3H2,(H,13,18,19)/t6-,7-,8-,10-/m1/s1. The van der Waals surface area contributed by atoms with E-state index in [0.29, 0.717) is 0 Å². The molecule has 0 radical (unpaired) electrons. The predicted molar refractivity (Wildman–Crippen MR) is 72.3 cm³/mol. The quantitative estimate of drug-likeness (QED) is 0.527. The number of hydrogen-bond donors (Lipinski definition) is 4. The van der Waals surface area contributed by atoms with Crippen molar-refractivity contribution < 1.29 is 20.1 Å². The molecule has 8 nitrogen and oxygen atoms in total. The molecule has 0 aliphatic carbocycles. The number of ether oxygens (including phenoxy) is 1. The fourth-order valence-electron chi connectivity index (χ4n) is 1.98. The molecule has 9 heteroatoms. The lowest BCUT2D eigenvalue weighted by Gasteiger charge is -2.17. The van der Waals surface area contributed by atoms with Gasteiger partial charge in [0.25, 0.3) is 5.56 Å². The zero-order valence-corrected chi connectivity index (χ0v) is 11.8. The molecular formula is C11H13BrN2O6. The summed E-state index contributed by atoms with van der Waals surface area (Å²) in [6, 6.07) is 0. The number of hydrogen-bond acceptors (Lipinski definition) is 6. The highest BCUT2D eigenvalue weighted by Gasteiger charge is 2.43. The van der Waals surface area contributed by atoms with Crippen molar-refractivity contribution in [2.24, 2.45) is 0 Å². The summed E-state index contributed by atoms with van der Waals surface area (Å²) in [5, 5.41) is 28.5. The lowest BCUT2D eigenvalue weighted by molar-refractivity contribution is -0.0550. The zero-order chi connectivity index (χ0) is 15.0. The second-order valence-corrected chi connectivity index (χ2v) is 5.30. The summed E-state index contributed by atoms with van der Waals surface area (Å²) in [4.78, 5) is 25.4. The molecule has 2 rings (SSSR count). The molecule has 0 aromatic carbocycles. The van der Waals surface area contributed by atoms with E-state index in [-0.39, 0.29) is 10.0 Å². The maximum absolute atomic E-state index is 11.8. The molecule has 2 heterocycles. The summed E-state index contributed by atoms with van der Waals surface area (Å²) < 4.78 is 6.41. The SMILES string of the molecule is C=C(Br)c1cn([C@@H]2O[C@H](CO)[C@@H](O)[C@H]2O)c(=O)[nH]c1=O. The fraction of sp³-hybridized carbons (Fsp3) is 0.455. The number of halogens is 1. The highest BCUT2D eigenvalue weighted by molar-refractivity contribution is 9.15. The van der Waals surface area contributed by atoms with Gasteiger partial charge in [-0.25, -0.2) is 4.79 Å². The number of aliphatic hydroxyl groups is 3. The topological polar surface area (TPSA) is 125 Å². The number of aromatic amines is 1. The highest BCUT2D eigenvalue weighted by Crippen LogP contribution is 2.28. The van der Waals surface area contributed by atoms with E-state index in [1.807, 2.05) is 0 Å². The minimum atomic E-state index is -1.41. The second kappa shape index (κ2) is 5.62. The van der Waals surface area contributed by atoms with Gasteiger partial charge in [-0.05, 0) is 0 Å². The van der Waals surface area contributed by atoms with E-state index < -0.39 is 42.4 Å². The van der Waals surface area contributed by atoms with E-state index in [2.05, 4.69) is 27.5 Å². The van der Waals surface area contributed by atoms with E-state index in [1.54, 1.807) is 0 Å². The maximum Gasteiger partial charge on any atom is 0.330 e. The largest absolute Gasteiger partial charge is 0.394 e. The molecule has 1 saturated heterocycles. The molecule has 1 aromatic rings. The van der Waals surface area contributed by atoms with E-state index >= 15 is 0 Å². The van der Waals surface area contributed by atoms with E-state index in [1.165, 1.54) is 6.20 Å². The molecule has 20 heavy (non-hydrogen) atoms. The molecule has 0 unspecified atom stereocenters. The lowest BCUT2D eigenvalue weighted by atomic mass is 10.1. The van der Waals surface area contributed by atoms with Gasteiger partial charge in [0.05, 0.1) is 12.2 Å². The zero-order valence-electron chi connectivity index (χ0n) is 10.2. The van der Waals surface area contributed by atoms with Gasteiger partial charge >= 0.3 is 5.69 Å². The Hall–Kier alpha value is -1.26. The Morgan fingerprint density at radius 1 is 1.45 bits per heavy atom. The van der Waals surface area contributed by atoms with Crippen LogP contribution in [-0.2, 0) is 4.74 Å². The van der Waals surface area contributed by atoms with Gasteiger partial charge in [0, 0.05) is 10.7 Å². The predicted octanol–water partition coefficient (Wildman–Crippen LogP) is -1.49. The average molecular weight is 349 g/mol. The molecule has 1 fully saturated rings. The van der Waals surface area contributed by atoms with Gasteiger partial charge in [0.15, 0.2) is 6.23 Å². The average Bonchev–Trinajstić information content (AvgIpc) is 2.66. The first-order chi connectivity index (χ1) is 9.36. The minimum absolute atomic E-state index is 0.0855. The molecule has 1 aliphatic heterocycles. The minimum Gasteiger partial charge on any atom is -0.394 e. The lowest BCUT2D eigenvalue weighted by Crippen LogP contribution is -2.38. The number of aromatic nitrogens is 2. The second-order valence-electron chi connectivity index (χ2n) is 4.34. The van der Waals surface area contributed by atoms with Crippen LogP contribution in [-0.4, -0.2) is 49.8 Å². The molecule has 0 spiro atoms. The summed E-state index contributed by atoms with van der Waals surface area (Å²) in [6.45, 7) is 3.03. The van der Waals surface area contributed by atoms with Gasteiger partial charge in [0.1, 0.15) is 18.3 Å². The summed E-state index contributed by atoms with van der Waals surface area (Å²) in [7, 11) is 0. The number of rotatable bonds is 3. The molecular weight excluding hydrogens is 336 g/mol. The summed E-state index contributed by atoms with van der Waals surface area (Å²) in [5.74, 6) is 0. The molecule has 0 saturated carbocycles. The van der Waals surface area contributed by atoms with Crippen LogP contribution >= 0.6 is 15.9 Å². The van der Waals surface area contributed by atoms with Crippen molar-refractivity contribution in [3.05, 3.63) is 39.2 Å². The van der Waals surface area contributed by atoms with E-state index in [9.17, 15) is 19.8 Å². The Balaban J connectivity index is 2.48. The van der Waals surface area contributed by atoms with Crippen molar-refractivity contribution in [2.45, 2.75) is 24.5 Å². The van der Waals surface area contributed by atoms with Crippen LogP contribution in [0.1, 0.15) is 11.8 Å². The fourth-order valence-corrected chi connectivity index (χ4v) is 2.26. The van der Waals surface area contributed by atoms with Crippen LogP contribution in [0.2, 0.25) is 0 Å². The van der Waals surface area contributed by atoms with E-state index in [4.69, 9.17) is 9.84 Å². The molecule has 0 amide bonds. The highest BCUT2D eigenvalue weighted by atomic mass is 79.9. The third-order valence-corrected chi connectivity index (χ3v) is 3.48. The van der Waals surface area contributed by atoms with E-state index in [0.717, 1.165) is 4.57 Å². The van der Waals surface area contributed by atoms with Crippen molar-refractivity contribution in [1.29, 1.82) is 0 Å². The first-order valence-electron chi connectivity index (χ1n) is 5.69. The van der Waals surface area contributed by atoms with Crippen LogP contribution < -0.4 is 11.2 Å². The Morgan fingerprint density at radius 2 is 2.10 bits per heavy atom. The van der Waals surface area contributed by atoms with Crippen LogP contribution in [0.4, 0.5) is 0 Å². The molecule has 0 bridgehead atoms. The van der Waals surface area contributed by atoms with Crippen LogP contribution in [0.3, 0.4) is 0 Å². The molecule has 1 aromatic heterocycles. The van der Waals surface area contributed by atoms with Crippen molar-refractivity contribution in [3.8, 4) is 0 Å². The van der Waals surface area contributed by atoms with Gasteiger partial charge in [-0.2, -0.15) is 0 Å². The van der Waals surface area contributed by atoms with Crippen LogP contribution in [0, 0.1) is 0 Å². The number of nitrogens with zero attached hydrogens (tertiary/aromatic N) is 1.